The number of aromatic nitrogens is 4. The highest BCUT2D eigenvalue weighted by Crippen LogP contribution is 2.01. The van der Waals surface area contributed by atoms with Crippen LogP contribution in [0.1, 0.15) is 1.37 Å². The average Bonchev–Trinajstić information content (AvgIpc) is 2.50. The van der Waals surface area contributed by atoms with Gasteiger partial charge in [0.1, 0.15) is 1.37 Å². The molecule has 0 radical (unpaired) electrons. The Balaban J connectivity index is 3.23. The summed E-state index contributed by atoms with van der Waals surface area (Å²) in [5.41, 5.74) is -0.354. The van der Waals surface area contributed by atoms with Gasteiger partial charge in [-0.15, -0.1) is 0 Å². The third kappa shape index (κ3) is 0.876. The summed E-state index contributed by atoms with van der Waals surface area (Å²) in [4.78, 5) is 27.1. The maximum Gasteiger partial charge on any atom is 0.332 e. The largest absolute Gasteiger partial charge is 0.332 e. The normalized spacial score (nSPS) is 12.1. The van der Waals surface area contributed by atoms with E-state index in [0.29, 0.717) is 0 Å². The third-order valence-corrected chi connectivity index (χ3v) is 2.25. The van der Waals surface area contributed by atoms with E-state index < -0.39 is 11.2 Å². The zero-order chi connectivity index (χ0) is 11.3. The number of hydrogen-bond acceptors (Lipinski definition) is 3. The minimum atomic E-state index is -0.439. The molecule has 0 saturated carbocycles. The Hall–Kier alpha value is -1.85. The molecule has 0 spiro atoms. The fraction of sp³-hybridized carbons (Fsp3) is 0.375. The van der Waals surface area contributed by atoms with Crippen LogP contribution in [-0.2, 0) is 21.1 Å². The average molecular weight is 195 g/mol. The summed E-state index contributed by atoms with van der Waals surface area (Å²) in [6.07, 6.45) is -0.0386. The molecule has 0 fully saturated rings. The predicted octanol–water partition coefficient (Wildman–Crippen LogP) is -1.03. The van der Waals surface area contributed by atoms with Crippen LogP contribution in [0, 0.1) is 0 Å². The summed E-state index contributed by atoms with van der Waals surface area (Å²) in [5, 5.41) is 0. The molecule has 2 aromatic rings. The maximum atomic E-state index is 11.7. The molecule has 2 aromatic heterocycles. The molecule has 6 heteroatoms. The van der Waals surface area contributed by atoms with Crippen molar-refractivity contribution in [3.05, 3.63) is 27.1 Å². The fourth-order valence-corrected chi connectivity index (χ4v) is 1.41. The predicted molar refractivity (Wildman–Crippen MR) is 51.2 cm³/mol. The first-order chi connectivity index (χ1) is 6.95. The Morgan fingerprint density at radius 2 is 1.93 bits per heavy atom. The second kappa shape index (κ2) is 2.57. The quantitative estimate of drug-likeness (QED) is 0.540. The van der Waals surface area contributed by atoms with Crippen molar-refractivity contribution >= 4 is 11.2 Å². The van der Waals surface area contributed by atoms with Crippen LogP contribution in [0.4, 0.5) is 0 Å². The molecule has 0 saturated heterocycles. The first kappa shape index (κ1) is 7.54. The molecule has 0 N–H and O–H groups in total. The van der Waals surface area contributed by atoms with Gasteiger partial charge < -0.3 is 4.57 Å². The lowest BCUT2D eigenvalue weighted by Gasteiger charge is -2.02. The Labute approximate surface area is 80.4 Å². The van der Waals surface area contributed by atoms with E-state index in [1.165, 1.54) is 23.2 Å². The summed E-state index contributed by atoms with van der Waals surface area (Å²) < 4.78 is 11.1. The zero-order valence-corrected chi connectivity index (χ0v) is 8.11. The Bertz CT molecular complexity index is 664. The lowest BCUT2D eigenvalue weighted by molar-refractivity contribution is 0.705. The Kier molecular flexibility index (Phi) is 1.38. The van der Waals surface area contributed by atoms with Crippen LogP contribution < -0.4 is 11.2 Å². The molecule has 2 heterocycles. The summed E-state index contributed by atoms with van der Waals surface area (Å²) in [7, 11) is 4.50. The van der Waals surface area contributed by atoms with Gasteiger partial charge in [0.25, 0.3) is 5.56 Å². The zero-order valence-electron chi connectivity index (χ0n) is 9.11. The van der Waals surface area contributed by atoms with Crippen LogP contribution in [0.2, 0.25) is 0 Å². The SMILES string of the molecule is [2H]c1nc2c(c(=O)n(C)c(=O)n2C)n1C. The van der Waals surface area contributed by atoms with Crippen molar-refractivity contribution < 1.29 is 1.37 Å². The molecule has 0 aliphatic carbocycles. The van der Waals surface area contributed by atoms with Gasteiger partial charge in [-0.1, -0.05) is 0 Å². The minimum Gasteiger partial charge on any atom is -0.328 e. The summed E-state index contributed by atoms with van der Waals surface area (Å²) in [6, 6.07) is 0. The molecular weight excluding hydrogens is 184 g/mol. The number of imidazole rings is 1. The lowest BCUT2D eigenvalue weighted by Crippen LogP contribution is -2.37. The van der Waals surface area contributed by atoms with Crippen molar-refractivity contribution in [2.75, 3.05) is 0 Å². The van der Waals surface area contributed by atoms with Gasteiger partial charge in [0.15, 0.2) is 11.2 Å². The number of hydrogen-bond donors (Lipinski definition) is 0. The summed E-state index contributed by atoms with van der Waals surface area (Å²) >= 11 is 0. The van der Waals surface area contributed by atoms with Gasteiger partial charge in [0.05, 0.1) is 6.30 Å². The molecular formula is C8H10N4O2. The van der Waals surface area contributed by atoms with E-state index in [1.807, 2.05) is 0 Å². The van der Waals surface area contributed by atoms with Crippen LogP contribution in [0.25, 0.3) is 11.2 Å². The smallest absolute Gasteiger partial charge is 0.328 e. The molecule has 0 aromatic carbocycles. The van der Waals surface area contributed by atoms with E-state index in [0.717, 1.165) is 4.57 Å². The van der Waals surface area contributed by atoms with E-state index in [-0.39, 0.29) is 17.5 Å². The van der Waals surface area contributed by atoms with Crippen molar-refractivity contribution in [1.82, 2.24) is 18.7 Å². The van der Waals surface area contributed by atoms with E-state index in [9.17, 15) is 9.59 Å². The monoisotopic (exact) mass is 195 g/mol. The van der Waals surface area contributed by atoms with E-state index >= 15 is 0 Å². The lowest BCUT2D eigenvalue weighted by atomic mass is 10.5. The van der Waals surface area contributed by atoms with E-state index in [2.05, 4.69) is 4.98 Å². The van der Waals surface area contributed by atoms with Crippen molar-refractivity contribution in [1.29, 1.82) is 0 Å². The molecule has 0 bridgehead atoms. The second-order valence-electron chi connectivity index (χ2n) is 3.15. The standard InChI is InChI=1S/C8H10N4O2/c1-10-4-9-6-5(10)7(13)12(3)8(14)11(6)2/h4H,1-3H3/i4D. The highest BCUT2D eigenvalue weighted by Gasteiger charge is 2.11. The second-order valence-corrected chi connectivity index (χ2v) is 3.15. The molecule has 0 aliphatic rings. The third-order valence-electron chi connectivity index (χ3n) is 2.25. The molecule has 6 nitrogen and oxygen atoms in total. The van der Waals surface area contributed by atoms with Gasteiger partial charge >= 0.3 is 5.69 Å². The molecule has 0 aliphatic heterocycles. The first-order valence-electron chi connectivity index (χ1n) is 4.54. The van der Waals surface area contributed by atoms with Gasteiger partial charge in [-0.05, 0) is 0 Å². The molecule has 0 amide bonds. The summed E-state index contributed by atoms with van der Waals surface area (Å²) in [6.45, 7) is 0. The molecule has 2 rings (SSSR count). The van der Waals surface area contributed by atoms with Crippen molar-refractivity contribution in [3.8, 4) is 0 Å². The molecule has 14 heavy (non-hydrogen) atoms. The molecule has 0 atom stereocenters. The van der Waals surface area contributed by atoms with E-state index in [4.69, 9.17) is 1.37 Å². The highest BCUT2D eigenvalue weighted by atomic mass is 16.2. The van der Waals surface area contributed by atoms with Crippen LogP contribution in [0.3, 0.4) is 0 Å². The Morgan fingerprint density at radius 3 is 2.57 bits per heavy atom. The van der Waals surface area contributed by atoms with Gasteiger partial charge in [-0.2, -0.15) is 0 Å². The first-order valence-corrected chi connectivity index (χ1v) is 4.04. The van der Waals surface area contributed by atoms with Gasteiger partial charge in [0.2, 0.25) is 0 Å². The van der Waals surface area contributed by atoms with Crippen molar-refractivity contribution in [2.24, 2.45) is 21.1 Å². The van der Waals surface area contributed by atoms with Crippen LogP contribution in [0.15, 0.2) is 15.9 Å². The van der Waals surface area contributed by atoms with Gasteiger partial charge in [0, 0.05) is 21.1 Å². The summed E-state index contributed by atoms with van der Waals surface area (Å²) in [5.74, 6) is 0. The highest BCUT2D eigenvalue weighted by molar-refractivity contribution is 5.69. The topological polar surface area (TPSA) is 61.8 Å². The number of nitrogens with zero attached hydrogens (tertiary/aromatic N) is 4. The van der Waals surface area contributed by atoms with E-state index in [1.54, 1.807) is 7.05 Å². The minimum absolute atomic E-state index is 0.0386. The number of aryl methyl sites for hydroxylation is 2. The number of fused-ring (bicyclic) bond motifs is 1. The number of rotatable bonds is 0. The van der Waals surface area contributed by atoms with Crippen LogP contribution in [-0.4, -0.2) is 18.7 Å². The maximum absolute atomic E-state index is 11.7. The van der Waals surface area contributed by atoms with Crippen LogP contribution >= 0.6 is 0 Å². The van der Waals surface area contributed by atoms with Gasteiger partial charge in [-0.3, -0.25) is 13.9 Å². The fourth-order valence-electron chi connectivity index (χ4n) is 1.41. The van der Waals surface area contributed by atoms with Crippen molar-refractivity contribution in [3.63, 3.8) is 0 Å². The Morgan fingerprint density at radius 1 is 1.29 bits per heavy atom. The molecule has 74 valence electrons. The van der Waals surface area contributed by atoms with Crippen molar-refractivity contribution in [2.45, 2.75) is 0 Å². The van der Waals surface area contributed by atoms with Crippen LogP contribution in [0.5, 0.6) is 0 Å². The molecule has 0 unspecified atom stereocenters. The van der Waals surface area contributed by atoms with Gasteiger partial charge in [-0.25, -0.2) is 9.78 Å².